The Kier molecular flexibility index (Phi) is 9.71. The maximum atomic E-state index is 11.3. The smallest absolute Gasteiger partial charge is 0.330 e. The molecule has 0 amide bonds. The van der Waals surface area contributed by atoms with Gasteiger partial charge in [0.2, 0.25) is 0 Å². The van der Waals surface area contributed by atoms with E-state index in [0.29, 0.717) is 10.8 Å². The Bertz CT molecular complexity index is 351. The molecule has 0 spiro atoms. The zero-order chi connectivity index (χ0) is 17.2. The average molecular weight is 311 g/mol. The first-order chi connectivity index (χ1) is 10.2. The minimum atomic E-state index is -0.224. The normalized spacial score (nSPS) is 13.3. The van der Waals surface area contributed by atoms with Crippen LogP contribution in [-0.2, 0) is 9.53 Å². The molecule has 22 heavy (non-hydrogen) atoms. The van der Waals surface area contributed by atoms with Crippen LogP contribution in [0.25, 0.3) is 0 Å². The van der Waals surface area contributed by atoms with Crippen molar-refractivity contribution in [2.45, 2.75) is 92.9 Å². The van der Waals surface area contributed by atoms with E-state index >= 15 is 0 Å². The highest BCUT2D eigenvalue weighted by Crippen LogP contribution is 2.34. The van der Waals surface area contributed by atoms with Gasteiger partial charge < -0.3 is 4.74 Å². The lowest BCUT2D eigenvalue weighted by Crippen LogP contribution is -2.15. The Morgan fingerprint density at radius 2 is 1.50 bits per heavy atom. The molecule has 0 bridgehead atoms. The zero-order valence-corrected chi connectivity index (χ0v) is 16.1. The Hall–Kier alpha value is -0.790. The zero-order valence-electron chi connectivity index (χ0n) is 16.1. The standard InChI is InChI=1S/C20H38O2/c1-8-17(16-18(21)22-7)12-10-13-20(5,6)15-11-14-19(3,4)9-2/h16H,8-15H2,1-7H3. The Morgan fingerprint density at radius 3 is 2.00 bits per heavy atom. The van der Waals surface area contributed by atoms with E-state index in [-0.39, 0.29) is 5.97 Å². The number of rotatable bonds is 11. The predicted molar refractivity (Wildman–Crippen MR) is 95.9 cm³/mol. The third-order valence-electron chi connectivity index (χ3n) is 4.99. The van der Waals surface area contributed by atoms with Gasteiger partial charge in [-0.2, -0.15) is 0 Å². The van der Waals surface area contributed by atoms with Crippen molar-refractivity contribution in [3.8, 4) is 0 Å². The highest BCUT2D eigenvalue weighted by Gasteiger charge is 2.20. The average Bonchev–Trinajstić information content (AvgIpc) is 2.45. The van der Waals surface area contributed by atoms with Crippen molar-refractivity contribution in [2.24, 2.45) is 10.8 Å². The third kappa shape index (κ3) is 10.0. The monoisotopic (exact) mass is 310 g/mol. The number of carbonyl (C=O) groups excluding carboxylic acids is 1. The van der Waals surface area contributed by atoms with Gasteiger partial charge in [-0.15, -0.1) is 0 Å². The van der Waals surface area contributed by atoms with Crippen molar-refractivity contribution in [1.29, 1.82) is 0 Å². The number of ether oxygens (including phenoxy) is 1. The molecule has 0 heterocycles. The van der Waals surface area contributed by atoms with Gasteiger partial charge in [0, 0.05) is 6.08 Å². The summed E-state index contributed by atoms with van der Waals surface area (Å²) in [4.78, 5) is 11.3. The highest BCUT2D eigenvalue weighted by atomic mass is 16.5. The van der Waals surface area contributed by atoms with Crippen LogP contribution in [0.15, 0.2) is 11.6 Å². The van der Waals surface area contributed by atoms with Crippen molar-refractivity contribution in [1.82, 2.24) is 0 Å². The van der Waals surface area contributed by atoms with E-state index in [9.17, 15) is 4.79 Å². The van der Waals surface area contributed by atoms with Crippen LogP contribution in [0.4, 0.5) is 0 Å². The lowest BCUT2D eigenvalue weighted by Gasteiger charge is -2.28. The molecule has 0 fully saturated rings. The molecular formula is C20H38O2. The third-order valence-corrected chi connectivity index (χ3v) is 4.99. The van der Waals surface area contributed by atoms with Gasteiger partial charge in [0.05, 0.1) is 7.11 Å². The van der Waals surface area contributed by atoms with E-state index in [0.717, 1.165) is 19.3 Å². The molecule has 130 valence electrons. The lowest BCUT2D eigenvalue weighted by molar-refractivity contribution is -0.134. The van der Waals surface area contributed by atoms with Gasteiger partial charge in [0.1, 0.15) is 0 Å². The van der Waals surface area contributed by atoms with Crippen molar-refractivity contribution >= 4 is 5.97 Å². The Morgan fingerprint density at radius 1 is 0.955 bits per heavy atom. The molecule has 0 aromatic rings. The van der Waals surface area contributed by atoms with Crippen molar-refractivity contribution in [3.63, 3.8) is 0 Å². The summed E-state index contributed by atoms with van der Waals surface area (Å²) in [7, 11) is 1.44. The molecule has 0 atom stereocenters. The number of hydrogen-bond acceptors (Lipinski definition) is 2. The summed E-state index contributed by atoms with van der Waals surface area (Å²) in [5, 5.41) is 0. The molecule has 0 aliphatic heterocycles. The molecule has 0 N–H and O–H groups in total. The molecule has 0 radical (unpaired) electrons. The first-order valence-electron chi connectivity index (χ1n) is 8.93. The number of hydrogen-bond donors (Lipinski definition) is 0. The maximum Gasteiger partial charge on any atom is 0.330 e. The molecule has 2 heteroatoms. The summed E-state index contributed by atoms with van der Waals surface area (Å²) >= 11 is 0. The summed E-state index contributed by atoms with van der Waals surface area (Å²) in [6, 6.07) is 0. The Labute approximate surface area is 138 Å². The van der Waals surface area contributed by atoms with Gasteiger partial charge in [0.25, 0.3) is 0 Å². The molecule has 0 aromatic heterocycles. The van der Waals surface area contributed by atoms with Crippen LogP contribution in [0.5, 0.6) is 0 Å². The van der Waals surface area contributed by atoms with Crippen LogP contribution in [-0.4, -0.2) is 13.1 Å². The van der Waals surface area contributed by atoms with Crippen LogP contribution in [0.3, 0.4) is 0 Å². The van der Waals surface area contributed by atoms with Crippen LogP contribution in [0.1, 0.15) is 92.9 Å². The Balaban J connectivity index is 4.16. The quantitative estimate of drug-likeness (QED) is 0.331. The van der Waals surface area contributed by atoms with Crippen molar-refractivity contribution in [2.75, 3.05) is 7.11 Å². The van der Waals surface area contributed by atoms with Crippen LogP contribution < -0.4 is 0 Å². The fourth-order valence-corrected chi connectivity index (χ4v) is 2.72. The highest BCUT2D eigenvalue weighted by molar-refractivity contribution is 5.82. The van der Waals surface area contributed by atoms with Crippen LogP contribution in [0, 0.1) is 10.8 Å². The molecule has 0 rings (SSSR count). The number of carbonyl (C=O) groups is 1. The predicted octanol–water partition coefficient (Wildman–Crippen LogP) is 6.30. The van der Waals surface area contributed by atoms with E-state index in [2.05, 4.69) is 41.5 Å². The molecule has 0 saturated carbocycles. The molecule has 2 nitrogen and oxygen atoms in total. The molecule has 0 aliphatic rings. The fourth-order valence-electron chi connectivity index (χ4n) is 2.72. The second kappa shape index (κ2) is 10.1. The summed E-state index contributed by atoms with van der Waals surface area (Å²) in [6.07, 6.45) is 11.2. The van der Waals surface area contributed by atoms with Gasteiger partial charge in [-0.3, -0.25) is 0 Å². The van der Waals surface area contributed by atoms with Gasteiger partial charge in [-0.05, 0) is 49.4 Å². The van der Waals surface area contributed by atoms with E-state index in [1.54, 1.807) is 6.08 Å². The van der Waals surface area contributed by atoms with E-state index in [1.165, 1.54) is 44.8 Å². The van der Waals surface area contributed by atoms with Crippen molar-refractivity contribution in [3.05, 3.63) is 11.6 Å². The summed E-state index contributed by atoms with van der Waals surface area (Å²) in [5.74, 6) is -0.224. The van der Waals surface area contributed by atoms with Gasteiger partial charge >= 0.3 is 5.97 Å². The number of allylic oxidation sites excluding steroid dienone is 1. The van der Waals surface area contributed by atoms with Gasteiger partial charge in [-0.1, -0.05) is 60.0 Å². The van der Waals surface area contributed by atoms with E-state index in [1.807, 2.05) is 0 Å². The second-order valence-electron chi connectivity index (χ2n) is 8.07. The largest absolute Gasteiger partial charge is 0.466 e. The number of esters is 1. The maximum absolute atomic E-state index is 11.3. The lowest BCUT2D eigenvalue weighted by atomic mass is 9.78. The van der Waals surface area contributed by atoms with Gasteiger partial charge in [0.15, 0.2) is 0 Å². The molecule has 0 saturated heterocycles. The minimum Gasteiger partial charge on any atom is -0.466 e. The van der Waals surface area contributed by atoms with Gasteiger partial charge in [-0.25, -0.2) is 4.79 Å². The first-order valence-corrected chi connectivity index (χ1v) is 8.93. The second-order valence-corrected chi connectivity index (χ2v) is 8.07. The topological polar surface area (TPSA) is 26.3 Å². The minimum absolute atomic E-state index is 0.224. The molecule has 0 aliphatic carbocycles. The van der Waals surface area contributed by atoms with Crippen LogP contribution >= 0.6 is 0 Å². The fraction of sp³-hybridized carbons (Fsp3) is 0.850. The molecule has 0 aromatic carbocycles. The van der Waals surface area contributed by atoms with E-state index in [4.69, 9.17) is 4.74 Å². The summed E-state index contributed by atoms with van der Waals surface area (Å²) < 4.78 is 4.71. The first kappa shape index (κ1) is 21.2. The van der Waals surface area contributed by atoms with Crippen LogP contribution in [0.2, 0.25) is 0 Å². The molecule has 0 unspecified atom stereocenters. The van der Waals surface area contributed by atoms with Crippen molar-refractivity contribution < 1.29 is 9.53 Å². The van der Waals surface area contributed by atoms with E-state index < -0.39 is 0 Å². The molecular weight excluding hydrogens is 272 g/mol. The summed E-state index contributed by atoms with van der Waals surface area (Å²) in [5.41, 5.74) is 2.08. The SMILES string of the molecule is CCC(=CC(=O)OC)CCCC(C)(C)CCCC(C)(C)CC. The number of methoxy groups -OCH3 is 1. The summed E-state index contributed by atoms with van der Waals surface area (Å²) in [6.45, 7) is 13.9.